The van der Waals surface area contributed by atoms with E-state index in [2.05, 4.69) is 0 Å². The number of rotatable bonds is 14. The van der Waals surface area contributed by atoms with E-state index < -0.39 is 17.0 Å². The molecule has 0 spiro atoms. The van der Waals surface area contributed by atoms with Gasteiger partial charge in [0.25, 0.3) is 0 Å². The first-order valence-electron chi connectivity index (χ1n) is 12.9. The molecule has 2 aliphatic rings. The van der Waals surface area contributed by atoms with Gasteiger partial charge in [-0.25, -0.2) is 4.79 Å². The lowest BCUT2D eigenvalue weighted by Crippen LogP contribution is -2.47. The Kier molecular flexibility index (Phi) is 10.5. The van der Waals surface area contributed by atoms with Crippen LogP contribution in [0.4, 0.5) is 0 Å². The summed E-state index contributed by atoms with van der Waals surface area (Å²) >= 11 is 0. The van der Waals surface area contributed by atoms with Crippen LogP contribution in [-0.4, -0.2) is 54.5 Å². The molecule has 0 saturated heterocycles. The van der Waals surface area contributed by atoms with Crippen molar-refractivity contribution < 1.29 is 33.8 Å². The molecule has 0 amide bonds. The van der Waals surface area contributed by atoms with E-state index in [0.29, 0.717) is 29.7 Å². The molecule has 0 aromatic carbocycles. The third-order valence-electron chi connectivity index (χ3n) is 7.06. The Labute approximate surface area is 215 Å². The zero-order chi connectivity index (χ0) is 27.1. The van der Waals surface area contributed by atoms with Crippen molar-refractivity contribution in [2.24, 2.45) is 0 Å². The molecule has 0 bridgehead atoms. The van der Waals surface area contributed by atoms with Crippen LogP contribution in [0.15, 0.2) is 34.3 Å². The van der Waals surface area contributed by atoms with Crippen LogP contribution >= 0.6 is 0 Å². The van der Waals surface area contributed by atoms with E-state index in [1.54, 1.807) is 40.7 Å². The fourth-order valence-corrected chi connectivity index (χ4v) is 4.93. The number of Topliss-reactive ketones (excluding diaryl/α,β-unsaturated/α-hetero) is 2. The van der Waals surface area contributed by atoms with E-state index in [0.717, 1.165) is 56.4 Å². The number of carbonyl (C=O) groups excluding carboxylic acids is 3. The highest BCUT2D eigenvalue weighted by molar-refractivity contribution is 6.23. The van der Waals surface area contributed by atoms with Gasteiger partial charge in [-0.2, -0.15) is 0 Å². The van der Waals surface area contributed by atoms with Crippen LogP contribution in [0.5, 0.6) is 0 Å². The highest BCUT2D eigenvalue weighted by Gasteiger charge is 2.49. The molecule has 0 saturated carbocycles. The molecule has 0 fully saturated rings. The Morgan fingerprint density at radius 1 is 0.833 bits per heavy atom. The van der Waals surface area contributed by atoms with Gasteiger partial charge < -0.3 is 14.2 Å². The topological polar surface area (TPSA) is 102 Å². The van der Waals surface area contributed by atoms with E-state index in [4.69, 9.17) is 14.2 Å². The maximum absolute atomic E-state index is 12.6. The molecule has 8 nitrogen and oxygen atoms in total. The minimum Gasteiger partial charge on any atom is -0.489 e. The number of hydrogen-bond acceptors (Lipinski definition) is 7. The SMILES string of the molecule is COC1=C(OC)C(=O)C(CCCCCCCCCCOC(=O)C2=CC(C)(C)N([O])C2(C)C)=C(C)C1=O. The van der Waals surface area contributed by atoms with E-state index in [-0.39, 0.29) is 23.1 Å². The first-order valence-corrected chi connectivity index (χ1v) is 12.9. The molecule has 2 rings (SSSR count). The standard InChI is InChI=1S/C28H42NO7/c1-19-20(23(31)25(35-7)24(34-6)22(19)30)16-14-12-10-8-9-11-13-15-17-36-26(32)21-18-27(2,3)29(33)28(21,4)5/h18H,8-17H2,1-7H3. The summed E-state index contributed by atoms with van der Waals surface area (Å²) in [6.45, 7) is 9.11. The number of methoxy groups -OCH3 is 2. The summed E-state index contributed by atoms with van der Waals surface area (Å²) in [4.78, 5) is 37.5. The first-order chi connectivity index (χ1) is 16.9. The summed E-state index contributed by atoms with van der Waals surface area (Å²) in [5.74, 6) is -0.963. The molecule has 0 aromatic heterocycles. The second-order valence-electron chi connectivity index (χ2n) is 10.6. The van der Waals surface area contributed by atoms with Crippen LogP contribution in [0.3, 0.4) is 0 Å². The predicted octanol–water partition coefficient (Wildman–Crippen LogP) is 5.16. The van der Waals surface area contributed by atoms with Crippen LogP contribution in [0.1, 0.15) is 92.4 Å². The van der Waals surface area contributed by atoms with Gasteiger partial charge in [-0.05, 0) is 60.0 Å². The van der Waals surface area contributed by atoms with Gasteiger partial charge in [-0.15, -0.1) is 10.3 Å². The van der Waals surface area contributed by atoms with Crippen molar-refractivity contribution in [3.63, 3.8) is 0 Å². The zero-order valence-corrected chi connectivity index (χ0v) is 23.0. The molecule has 1 heterocycles. The highest BCUT2D eigenvalue weighted by Crippen LogP contribution is 2.39. The van der Waals surface area contributed by atoms with Crippen molar-refractivity contribution in [3.8, 4) is 0 Å². The van der Waals surface area contributed by atoms with Gasteiger partial charge in [0.2, 0.25) is 23.1 Å². The number of hydroxylamine groups is 2. The van der Waals surface area contributed by atoms with Crippen molar-refractivity contribution in [2.75, 3.05) is 20.8 Å². The van der Waals surface area contributed by atoms with E-state index in [9.17, 15) is 19.6 Å². The summed E-state index contributed by atoms with van der Waals surface area (Å²) in [6, 6.07) is 0. The van der Waals surface area contributed by atoms with Crippen LogP contribution < -0.4 is 0 Å². The van der Waals surface area contributed by atoms with Gasteiger partial charge in [0.05, 0.1) is 37.5 Å². The van der Waals surface area contributed by atoms with Crippen molar-refractivity contribution in [1.82, 2.24) is 5.06 Å². The van der Waals surface area contributed by atoms with Crippen molar-refractivity contribution in [2.45, 2.75) is 103 Å². The molecule has 0 aromatic rings. The Bertz CT molecular complexity index is 940. The maximum Gasteiger partial charge on any atom is 0.335 e. The Morgan fingerprint density at radius 3 is 1.83 bits per heavy atom. The van der Waals surface area contributed by atoms with Crippen LogP contribution in [0, 0.1) is 0 Å². The second-order valence-corrected chi connectivity index (χ2v) is 10.6. The monoisotopic (exact) mass is 504 g/mol. The van der Waals surface area contributed by atoms with Crippen molar-refractivity contribution in [3.05, 3.63) is 34.3 Å². The lowest BCUT2D eigenvalue weighted by molar-refractivity contribution is -0.239. The largest absolute Gasteiger partial charge is 0.489 e. The number of hydrogen-bond donors (Lipinski definition) is 0. The van der Waals surface area contributed by atoms with Crippen molar-refractivity contribution in [1.29, 1.82) is 0 Å². The summed E-state index contributed by atoms with van der Waals surface area (Å²) in [5, 5.41) is 13.3. The molecule has 0 N–H and O–H groups in total. The summed E-state index contributed by atoms with van der Waals surface area (Å²) in [7, 11) is 2.74. The minimum atomic E-state index is -0.884. The molecule has 1 aliphatic carbocycles. The molecule has 1 aliphatic heterocycles. The lowest BCUT2D eigenvalue weighted by Gasteiger charge is -2.33. The fourth-order valence-electron chi connectivity index (χ4n) is 4.93. The summed E-state index contributed by atoms with van der Waals surface area (Å²) in [5.41, 5.74) is -0.197. The third-order valence-corrected chi connectivity index (χ3v) is 7.06. The number of allylic oxidation sites excluding steroid dienone is 2. The number of esters is 1. The number of nitrogens with zero attached hydrogens (tertiary/aromatic N) is 1. The Hall–Kier alpha value is -2.45. The number of ketones is 2. The van der Waals surface area contributed by atoms with Gasteiger partial charge in [0.1, 0.15) is 0 Å². The van der Waals surface area contributed by atoms with Crippen LogP contribution in [0.2, 0.25) is 0 Å². The zero-order valence-electron chi connectivity index (χ0n) is 23.0. The number of carbonyl (C=O) groups is 3. The third kappa shape index (κ3) is 6.65. The quantitative estimate of drug-likeness (QED) is 0.183. The summed E-state index contributed by atoms with van der Waals surface area (Å²) < 4.78 is 15.6. The van der Waals surface area contributed by atoms with Crippen LogP contribution in [-0.2, 0) is 33.8 Å². The maximum atomic E-state index is 12.6. The van der Waals surface area contributed by atoms with Crippen LogP contribution in [0.25, 0.3) is 0 Å². The molecular formula is C28H42NO7. The van der Waals surface area contributed by atoms with Gasteiger partial charge in [-0.1, -0.05) is 38.5 Å². The number of unbranched alkanes of at least 4 members (excludes halogenated alkanes) is 7. The average molecular weight is 505 g/mol. The first kappa shape index (κ1) is 29.8. The van der Waals surface area contributed by atoms with Gasteiger partial charge >= 0.3 is 5.97 Å². The summed E-state index contributed by atoms with van der Waals surface area (Å²) in [6.07, 6.45) is 10.2. The molecule has 0 unspecified atom stereocenters. The molecule has 8 heteroatoms. The average Bonchev–Trinajstić information content (AvgIpc) is 3.00. The van der Waals surface area contributed by atoms with Gasteiger partial charge in [0.15, 0.2) is 0 Å². The normalized spacial score (nSPS) is 19.6. The van der Waals surface area contributed by atoms with E-state index >= 15 is 0 Å². The fraction of sp³-hybridized carbons (Fsp3) is 0.679. The molecule has 0 atom stereocenters. The molecular weight excluding hydrogens is 462 g/mol. The van der Waals surface area contributed by atoms with E-state index in [1.165, 1.54) is 14.2 Å². The lowest BCUT2D eigenvalue weighted by atomic mass is 9.89. The Morgan fingerprint density at radius 2 is 1.33 bits per heavy atom. The minimum absolute atomic E-state index is 0.00586. The molecule has 1 radical (unpaired) electrons. The van der Waals surface area contributed by atoms with Crippen molar-refractivity contribution >= 4 is 17.5 Å². The second kappa shape index (κ2) is 12.7. The highest BCUT2D eigenvalue weighted by atomic mass is 16.5. The Balaban J connectivity index is 1.58. The predicted molar refractivity (Wildman–Crippen MR) is 135 cm³/mol. The molecule has 36 heavy (non-hydrogen) atoms. The van der Waals surface area contributed by atoms with Gasteiger partial charge in [0, 0.05) is 11.1 Å². The molecule has 201 valence electrons. The number of ether oxygens (including phenoxy) is 3. The van der Waals surface area contributed by atoms with Gasteiger partial charge in [-0.3, -0.25) is 9.59 Å². The smallest absolute Gasteiger partial charge is 0.335 e. The van der Waals surface area contributed by atoms with E-state index in [1.807, 2.05) is 0 Å².